The monoisotopic (exact) mass is 327 g/mol. The van der Waals surface area contributed by atoms with Gasteiger partial charge >= 0.3 is 6.18 Å². The van der Waals surface area contributed by atoms with Gasteiger partial charge < -0.3 is 0 Å². The Kier molecular flexibility index (Phi) is 4.56. The topological polar surface area (TPSA) is 46.2 Å². The molecule has 1 N–H and O–H groups in total. The minimum Gasteiger partial charge on any atom is -0.280 e. The lowest BCUT2D eigenvalue weighted by atomic mass is 10.2. The summed E-state index contributed by atoms with van der Waals surface area (Å²) in [7, 11) is -3.89. The van der Waals surface area contributed by atoms with E-state index in [0.29, 0.717) is 5.56 Å². The number of hydrogen-bond acceptors (Lipinski definition) is 2. The molecule has 0 aliphatic heterocycles. The van der Waals surface area contributed by atoms with Gasteiger partial charge in [0.2, 0.25) is 0 Å². The molecule has 0 fully saturated rings. The van der Waals surface area contributed by atoms with E-state index in [1.807, 2.05) is 0 Å². The predicted octanol–water partition coefficient (Wildman–Crippen LogP) is 4.12. The summed E-state index contributed by atoms with van der Waals surface area (Å²) >= 11 is 0. The predicted molar refractivity (Wildman–Crippen MR) is 79.5 cm³/mol. The fourth-order valence-corrected chi connectivity index (χ4v) is 2.55. The first-order chi connectivity index (χ1) is 10.3. The molecule has 2 aromatic carbocycles. The summed E-state index contributed by atoms with van der Waals surface area (Å²) in [6.07, 6.45) is -3.17. The molecular formula is C15H12F3NO2S. The normalized spacial score (nSPS) is 12.5. The van der Waals surface area contributed by atoms with Crippen molar-refractivity contribution in [2.45, 2.75) is 6.18 Å². The maximum atomic E-state index is 12.6. The van der Waals surface area contributed by atoms with Crippen molar-refractivity contribution in [1.29, 1.82) is 0 Å². The van der Waals surface area contributed by atoms with Crippen molar-refractivity contribution in [2.24, 2.45) is 0 Å². The first-order valence-electron chi connectivity index (χ1n) is 6.19. The number of nitrogens with one attached hydrogen (secondary N) is 1. The third kappa shape index (κ3) is 4.63. The van der Waals surface area contributed by atoms with Crippen molar-refractivity contribution in [2.75, 3.05) is 4.72 Å². The van der Waals surface area contributed by atoms with Gasteiger partial charge in [-0.3, -0.25) is 4.72 Å². The molecule has 0 spiro atoms. The Balaban J connectivity index is 2.17. The van der Waals surface area contributed by atoms with Crippen LogP contribution in [0.5, 0.6) is 0 Å². The number of rotatable bonds is 4. The Bertz CT molecular complexity index is 769. The second-order valence-corrected chi connectivity index (χ2v) is 6.01. The highest BCUT2D eigenvalue weighted by Crippen LogP contribution is 2.30. The van der Waals surface area contributed by atoms with E-state index in [-0.39, 0.29) is 5.69 Å². The van der Waals surface area contributed by atoms with Gasteiger partial charge in [-0.1, -0.05) is 36.4 Å². The Morgan fingerprint density at radius 1 is 0.955 bits per heavy atom. The smallest absolute Gasteiger partial charge is 0.280 e. The van der Waals surface area contributed by atoms with Crippen molar-refractivity contribution in [1.82, 2.24) is 0 Å². The molecule has 0 saturated carbocycles. The summed E-state index contributed by atoms with van der Waals surface area (Å²) in [5.74, 6) is 0. The van der Waals surface area contributed by atoms with Gasteiger partial charge in [0.05, 0.1) is 11.0 Å². The maximum Gasteiger partial charge on any atom is 0.416 e. The van der Waals surface area contributed by atoms with Gasteiger partial charge in [0.25, 0.3) is 10.0 Å². The van der Waals surface area contributed by atoms with Crippen LogP contribution in [-0.2, 0) is 16.2 Å². The van der Waals surface area contributed by atoms with E-state index >= 15 is 0 Å². The summed E-state index contributed by atoms with van der Waals surface area (Å²) < 4.78 is 63.5. The van der Waals surface area contributed by atoms with Gasteiger partial charge in [-0.25, -0.2) is 8.42 Å². The van der Waals surface area contributed by atoms with Crippen molar-refractivity contribution in [3.05, 3.63) is 71.1 Å². The second-order valence-electron chi connectivity index (χ2n) is 4.44. The van der Waals surface area contributed by atoms with E-state index < -0.39 is 21.8 Å². The molecule has 0 radical (unpaired) electrons. The lowest BCUT2D eigenvalue weighted by Crippen LogP contribution is -2.10. The molecule has 7 heteroatoms. The summed E-state index contributed by atoms with van der Waals surface area (Å²) in [4.78, 5) is 0. The highest BCUT2D eigenvalue weighted by atomic mass is 32.2. The molecule has 0 aliphatic carbocycles. The summed E-state index contributed by atoms with van der Waals surface area (Å²) in [5.41, 5.74) is -0.399. The SMILES string of the molecule is O=S(=O)(C=Cc1ccccc1)Nc1cccc(C(F)(F)F)c1. The van der Waals surface area contributed by atoms with Crippen LogP contribution in [-0.4, -0.2) is 8.42 Å². The third-order valence-electron chi connectivity index (χ3n) is 2.69. The van der Waals surface area contributed by atoms with Gasteiger partial charge in [0, 0.05) is 5.69 Å². The largest absolute Gasteiger partial charge is 0.416 e. The number of benzene rings is 2. The van der Waals surface area contributed by atoms with Crippen LogP contribution in [0, 0.1) is 0 Å². The third-order valence-corrected chi connectivity index (χ3v) is 3.70. The molecule has 116 valence electrons. The van der Waals surface area contributed by atoms with E-state index in [9.17, 15) is 21.6 Å². The number of anilines is 1. The van der Waals surface area contributed by atoms with Crippen LogP contribution in [0.25, 0.3) is 6.08 Å². The van der Waals surface area contributed by atoms with Crippen LogP contribution < -0.4 is 4.72 Å². The molecule has 0 aromatic heterocycles. The van der Waals surface area contributed by atoms with Gasteiger partial charge in [0.15, 0.2) is 0 Å². The van der Waals surface area contributed by atoms with Gasteiger partial charge in [-0.05, 0) is 29.8 Å². The van der Waals surface area contributed by atoms with Crippen molar-refractivity contribution >= 4 is 21.8 Å². The number of hydrogen-bond donors (Lipinski definition) is 1. The maximum absolute atomic E-state index is 12.6. The van der Waals surface area contributed by atoms with Gasteiger partial charge in [-0.15, -0.1) is 0 Å². The molecular weight excluding hydrogens is 315 g/mol. The average Bonchev–Trinajstić information content (AvgIpc) is 2.45. The molecule has 0 atom stereocenters. The lowest BCUT2D eigenvalue weighted by molar-refractivity contribution is -0.137. The van der Waals surface area contributed by atoms with Crippen molar-refractivity contribution < 1.29 is 21.6 Å². The summed E-state index contributed by atoms with van der Waals surface area (Å²) in [6.45, 7) is 0. The van der Waals surface area contributed by atoms with E-state index in [2.05, 4.69) is 4.72 Å². The molecule has 22 heavy (non-hydrogen) atoms. The fraction of sp³-hybridized carbons (Fsp3) is 0.0667. The number of alkyl halides is 3. The minimum absolute atomic E-state index is 0.146. The van der Waals surface area contributed by atoms with Crippen LogP contribution in [0.2, 0.25) is 0 Å². The van der Waals surface area contributed by atoms with Crippen LogP contribution in [0.1, 0.15) is 11.1 Å². The van der Waals surface area contributed by atoms with Crippen molar-refractivity contribution in [3.63, 3.8) is 0 Å². The number of sulfonamides is 1. The number of halogens is 3. The Morgan fingerprint density at radius 3 is 2.27 bits per heavy atom. The molecule has 0 bridgehead atoms. The highest BCUT2D eigenvalue weighted by Gasteiger charge is 2.30. The first kappa shape index (κ1) is 16.1. The Labute approximate surface area is 126 Å². The molecule has 2 rings (SSSR count). The van der Waals surface area contributed by atoms with E-state index in [4.69, 9.17) is 0 Å². The molecule has 0 heterocycles. The zero-order valence-electron chi connectivity index (χ0n) is 11.2. The van der Waals surface area contributed by atoms with Gasteiger partial charge in [0.1, 0.15) is 0 Å². The molecule has 0 amide bonds. The Hall–Kier alpha value is -2.28. The zero-order valence-corrected chi connectivity index (χ0v) is 12.0. The standard InChI is InChI=1S/C15H12F3NO2S/c16-15(17,18)13-7-4-8-14(11-13)19-22(20,21)10-9-12-5-2-1-3-6-12/h1-11,19H. The fourth-order valence-electron chi connectivity index (χ4n) is 1.69. The van der Waals surface area contributed by atoms with Crippen molar-refractivity contribution in [3.8, 4) is 0 Å². The van der Waals surface area contributed by atoms with Gasteiger partial charge in [-0.2, -0.15) is 13.2 Å². The van der Waals surface area contributed by atoms with E-state index in [1.54, 1.807) is 30.3 Å². The van der Waals surface area contributed by atoms with Crippen LogP contribution in [0.3, 0.4) is 0 Å². The summed E-state index contributed by atoms with van der Waals surface area (Å²) in [5, 5.41) is 0.905. The molecule has 2 aromatic rings. The minimum atomic E-state index is -4.53. The highest BCUT2D eigenvalue weighted by molar-refractivity contribution is 7.95. The van der Waals surface area contributed by atoms with Crippen LogP contribution in [0.15, 0.2) is 60.0 Å². The van der Waals surface area contributed by atoms with E-state index in [0.717, 1.165) is 23.6 Å². The first-order valence-corrected chi connectivity index (χ1v) is 7.74. The quantitative estimate of drug-likeness (QED) is 0.918. The van der Waals surface area contributed by atoms with Crippen LogP contribution >= 0.6 is 0 Å². The summed E-state index contributed by atoms with van der Waals surface area (Å²) in [6, 6.07) is 12.7. The molecule has 0 aliphatic rings. The van der Waals surface area contributed by atoms with Crippen LogP contribution in [0.4, 0.5) is 18.9 Å². The second kappa shape index (κ2) is 6.23. The lowest BCUT2D eigenvalue weighted by Gasteiger charge is -2.09. The Morgan fingerprint density at radius 2 is 1.64 bits per heavy atom. The van der Waals surface area contributed by atoms with E-state index in [1.165, 1.54) is 12.1 Å². The molecule has 0 saturated heterocycles. The molecule has 3 nitrogen and oxygen atoms in total. The average molecular weight is 327 g/mol. The molecule has 0 unspecified atom stereocenters. The zero-order chi connectivity index (χ0) is 16.2.